The Morgan fingerprint density at radius 3 is 2.94 bits per heavy atom. The Morgan fingerprint density at radius 1 is 1.35 bits per heavy atom. The topological polar surface area (TPSA) is 42.4 Å². The lowest BCUT2D eigenvalue weighted by atomic mass is 9.95. The van der Waals surface area contributed by atoms with Gasteiger partial charge in [0.2, 0.25) is 0 Å². The summed E-state index contributed by atoms with van der Waals surface area (Å²) in [7, 11) is 0. The molecule has 0 aliphatic rings. The average Bonchev–Trinajstić information content (AvgIpc) is 2.36. The van der Waals surface area contributed by atoms with Crippen LogP contribution in [-0.2, 0) is 10.3 Å². The van der Waals surface area contributed by atoms with Gasteiger partial charge in [0.15, 0.2) is 0 Å². The van der Waals surface area contributed by atoms with Gasteiger partial charge in [0.25, 0.3) is 0 Å². The number of benzene rings is 1. The molecule has 90 valence electrons. The summed E-state index contributed by atoms with van der Waals surface area (Å²) in [6.45, 7) is 4.58. The highest BCUT2D eigenvalue weighted by Gasteiger charge is 2.23. The van der Waals surface area contributed by atoms with Gasteiger partial charge in [-0.25, -0.2) is 0 Å². The van der Waals surface area contributed by atoms with E-state index in [1.54, 1.807) is 13.1 Å². The highest BCUT2D eigenvalue weighted by atomic mass is 16.5. The zero-order valence-corrected chi connectivity index (χ0v) is 10.2. The Morgan fingerprint density at radius 2 is 2.18 bits per heavy atom. The van der Waals surface area contributed by atoms with Crippen LogP contribution in [0.3, 0.4) is 0 Å². The molecule has 0 aliphatic heterocycles. The fourth-order valence-corrected chi connectivity index (χ4v) is 1.79. The Hall–Kier alpha value is -1.45. The van der Waals surface area contributed by atoms with E-state index in [0.29, 0.717) is 13.2 Å². The van der Waals surface area contributed by atoms with Gasteiger partial charge in [-0.3, -0.25) is 4.98 Å². The van der Waals surface area contributed by atoms with Crippen molar-refractivity contribution < 1.29 is 9.84 Å². The molecule has 0 bridgehead atoms. The molecule has 17 heavy (non-hydrogen) atoms. The normalized spacial score (nSPS) is 14.8. The molecule has 0 saturated carbocycles. The van der Waals surface area contributed by atoms with Gasteiger partial charge in [-0.05, 0) is 37.6 Å². The van der Waals surface area contributed by atoms with E-state index in [2.05, 4.69) is 4.98 Å². The van der Waals surface area contributed by atoms with Gasteiger partial charge in [0, 0.05) is 18.2 Å². The zero-order chi connectivity index (χ0) is 12.3. The Balaban J connectivity index is 2.35. The molecule has 1 aromatic carbocycles. The summed E-state index contributed by atoms with van der Waals surface area (Å²) in [5, 5.41) is 11.4. The molecule has 1 atom stereocenters. The third-order valence-electron chi connectivity index (χ3n) is 2.81. The molecular formula is C14H17NO2. The van der Waals surface area contributed by atoms with E-state index in [9.17, 15) is 5.11 Å². The molecule has 3 heteroatoms. The second-order valence-electron chi connectivity index (χ2n) is 4.32. The second kappa shape index (κ2) is 4.82. The van der Waals surface area contributed by atoms with Crippen molar-refractivity contribution in [1.82, 2.24) is 4.98 Å². The first-order chi connectivity index (χ1) is 8.13. The molecule has 0 saturated heterocycles. The molecule has 0 amide bonds. The van der Waals surface area contributed by atoms with Gasteiger partial charge in [0.1, 0.15) is 5.60 Å². The number of rotatable bonds is 4. The van der Waals surface area contributed by atoms with Crippen LogP contribution in [0.1, 0.15) is 19.4 Å². The third kappa shape index (κ3) is 2.62. The van der Waals surface area contributed by atoms with Crippen LogP contribution in [0.25, 0.3) is 10.9 Å². The molecule has 2 rings (SSSR count). The lowest BCUT2D eigenvalue weighted by Crippen LogP contribution is -2.27. The predicted molar refractivity (Wildman–Crippen MR) is 67.8 cm³/mol. The Kier molecular flexibility index (Phi) is 3.41. The quantitative estimate of drug-likeness (QED) is 0.879. The minimum absolute atomic E-state index is 0.301. The maximum Gasteiger partial charge on any atom is 0.110 e. The van der Waals surface area contributed by atoms with E-state index in [1.807, 2.05) is 37.3 Å². The summed E-state index contributed by atoms with van der Waals surface area (Å²) >= 11 is 0. The van der Waals surface area contributed by atoms with Crippen LogP contribution in [0.15, 0.2) is 36.5 Å². The molecule has 3 nitrogen and oxygen atoms in total. The first kappa shape index (κ1) is 12.0. The van der Waals surface area contributed by atoms with Crippen molar-refractivity contribution in [1.29, 1.82) is 0 Å². The van der Waals surface area contributed by atoms with Gasteiger partial charge < -0.3 is 9.84 Å². The van der Waals surface area contributed by atoms with E-state index in [-0.39, 0.29) is 0 Å². The predicted octanol–water partition coefficient (Wildman–Crippen LogP) is 2.48. The Labute approximate surface area is 101 Å². The second-order valence-corrected chi connectivity index (χ2v) is 4.32. The monoisotopic (exact) mass is 231 g/mol. The first-order valence-electron chi connectivity index (χ1n) is 5.79. The number of nitrogens with zero attached hydrogens (tertiary/aromatic N) is 1. The summed E-state index contributed by atoms with van der Waals surface area (Å²) in [5.74, 6) is 0. The maximum atomic E-state index is 10.3. The van der Waals surface area contributed by atoms with E-state index in [1.165, 1.54) is 0 Å². The van der Waals surface area contributed by atoms with Crippen molar-refractivity contribution in [2.45, 2.75) is 19.4 Å². The van der Waals surface area contributed by atoms with Crippen molar-refractivity contribution in [3.05, 3.63) is 42.1 Å². The highest BCUT2D eigenvalue weighted by Crippen LogP contribution is 2.24. The molecule has 2 aromatic rings. The molecule has 0 fully saturated rings. The summed E-state index contributed by atoms with van der Waals surface area (Å²) in [6.07, 6.45) is 1.76. The highest BCUT2D eigenvalue weighted by molar-refractivity contribution is 5.79. The van der Waals surface area contributed by atoms with Crippen molar-refractivity contribution in [3.63, 3.8) is 0 Å². The molecule has 0 aliphatic carbocycles. The van der Waals surface area contributed by atoms with Crippen LogP contribution >= 0.6 is 0 Å². The standard InChI is InChI=1S/C14H17NO2/c1-3-17-10-14(2,16)12-6-7-13-11(9-12)5-4-8-15-13/h4-9,16H,3,10H2,1-2H3. The fraction of sp³-hybridized carbons (Fsp3) is 0.357. The number of ether oxygens (including phenoxy) is 1. The maximum absolute atomic E-state index is 10.3. The smallest absolute Gasteiger partial charge is 0.110 e. The van der Waals surface area contributed by atoms with Crippen LogP contribution < -0.4 is 0 Å². The van der Waals surface area contributed by atoms with Crippen LogP contribution in [0, 0.1) is 0 Å². The van der Waals surface area contributed by atoms with Gasteiger partial charge >= 0.3 is 0 Å². The lowest BCUT2D eigenvalue weighted by Gasteiger charge is -2.23. The molecular weight excluding hydrogens is 214 g/mol. The fourth-order valence-electron chi connectivity index (χ4n) is 1.79. The van der Waals surface area contributed by atoms with Gasteiger partial charge in [-0.2, -0.15) is 0 Å². The van der Waals surface area contributed by atoms with Crippen molar-refractivity contribution in [2.24, 2.45) is 0 Å². The zero-order valence-electron chi connectivity index (χ0n) is 10.2. The van der Waals surface area contributed by atoms with E-state index >= 15 is 0 Å². The van der Waals surface area contributed by atoms with E-state index in [0.717, 1.165) is 16.5 Å². The van der Waals surface area contributed by atoms with E-state index < -0.39 is 5.60 Å². The number of fused-ring (bicyclic) bond motifs is 1. The molecule has 1 aromatic heterocycles. The first-order valence-corrected chi connectivity index (χ1v) is 5.79. The van der Waals surface area contributed by atoms with Crippen molar-refractivity contribution >= 4 is 10.9 Å². The minimum Gasteiger partial charge on any atom is -0.383 e. The van der Waals surface area contributed by atoms with Gasteiger partial charge in [-0.15, -0.1) is 0 Å². The summed E-state index contributed by atoms with van der Waals surface area (Å²) in [6, 6.07) is 9.66. The molecule has 0 radical (unpaired) electrons. The molecule has 1 N–H and O–H groups in total. The average molecular weight is 231 g/mol. The van der Waals surface area contributed by atoms with Crippen LogP contribution in [0.4, 0.5) is 0 Å². The molecule has 0 spiro atoms. The number of hydrogen-bond acceptors (Lipinski definition) is 3. The summed E-state index contributed by atoms with van der Waals surface area (Å²) in [5.41, 5.74) is 0.829. The SMILES string of the molecule is CCOCC(C)(O)c1ccc2ncccc2c1. The molecule has 1 unspecified atom stereocenters. The van der Waals surface area contributed by atoms with Crippen LogP contribution in [0.5, 0.6) is 0 Å². The third-order valence-corrected chi connectivity index (χ3v) is 2.81. The number of aliphatic hydroxyl groups is 1. The van der Waals surface area contributed by atoms with Crippen LogP contribution in [0.2, 0.25) is 0 Å². The number of hydrogen-bond donors (Lipinski definition) is 1. The summed E-state index contributed by atoms with van der Waals surface area (Å²) < 4.78 is 5.30. The lowest BCUT2D eigenvalue weighted by molar-refractivity contribution is -0.0342. The largest absolute Gasteiger partial charge is 0.383 e. The van der Waals surface area contributed by atoms with Crippen LogP contribution in [-0.4, -0.2) is 23.3 Å². The van der Waals surface area contributed by atoms with Gasteiger partial charge in [-0.1, -0.05) is 12.1 Å². The van der Waals surface area contributed by atoms with Crippen molar-refractivity contribution in [2.75, 3.05) is 13.2 Å². The van der Waals surface area contributed by atoms with Crippen molar-refractivity contribution in [3.8, 4) is 0 Å². The Bertz CT molecular complexity index is 508. The number of aromatic nitrogens is 1. The van der Waals surface area contributed by atoms with Gasteiger partial charge in [0.05, 0.1) is 12.1 Å². The minimum atomic E-state index is -0.958. The number of pyridine rings is 1. The molecule has 1 heterocycles. The van der Waals surface area contributed by atoms with E-state index in [4.69, 9.17) is 4.74 Å². The summed E-state index contributed by atoms with van der Waals surface area (Å²) in [4.78, 5) is 4.25.